The third-order valence-corrected chi connectivity index (χ3v) is 8.49. The van der Waals surface area contributed by atoms with Crippen LogP contribution in [0.3, 0.4) is 0 Å². The van der Waals surface area contributed by atoms with E-state index in [9.17, 15) is 13.2 Å². The van der Waals surface area contributed by atoms with Gasteiger partial charge < -0.3 is 5.32 Å². The molecule has 6 nitrogen and oxygen atoms in total. The zero-order valence-electron chi connectivity index (χ0n) is 18.6. The van der Waals surface area contributed by atoms with Crippen LogP contribution in [0.25, 0.3) is 0 Å². The van der Waals surface area contributed by atoms with Crippen molar-refractivity contribution < 1.29 is 13.2 Å². The fraction of sp³-hybridized carbons (Fsp3) is 0.111. The van der Waals surface area contributed by atoms with Crippen molar-refractivity contribution >= 4 is 33.0 Å². The number of amides is 1. The summed E-state index contributed by atoms with van der Waals surface area (Å²) in [7, 11) is -3.72. The minimum absolute atomic E-state index is 0.110. The van der Waals surface area contributed by atoms with Crippen molar-refractivity contribution in [1.29, 1.82) is 0 Å². The highest BCUT2D eigenvalue weighted by Gasteiger charge is 2.29. The van der Waals surface area contributed by atoms with E-state index in [0.29, 0.717) is 30.9 Å². The highest BCUT2D eigenvalue weighted by Crippen LogP contribution is 2.28. The summed E-state index contributed by atoms with van der Waals surface area (Å²) >= 11 is 1.66. The van der Waals surface area contributed by atoms with Gasteiger partial charge in [0, 0.05) is 41.0 Å². The van der Waals surface area contributed by atoms with Gasteiger partial charge in [-0.15, -0.1) is 11.3 Å². The molecule has 0 unspecified atom stereocenters. The number of thiophene rings is 1. The molecule has 0 saturated carbocycles. The van der Waals surface area contributed by atoms with Crippen LogP contribution in [0.15, 0.2) is 89.3 Å². The lowest BCUT2D eigenvalue weighted by atomic mass is 10.1. The molecule has 1 aliphatic rings. The minimum Gasteiger partial charge on any atom is -0.322 e. The second-order valence-electron chi connectivity index (χ2n) is 7.99. The maximum absolute atomic E-state index is 13.3. The Kier molecular flexibility index (Phi) is 6.47. The van der Waals surface area contributed by atoms with Gasteiger partial charge in [-0.3, -0.25) is 4.79 Å². The highest BCUT2D eigenvalue weighted by atomic mass is 32.2. The van der Waals surface area contributed by atoms with E-state index in [4.69, 9.17) is 0 Å². The van der Waals surface area contributed by atoms with Crippen LogP contribution in [0, 0.1) is 11.8 Å². The van der Waals surface area contributed by atoms with Gasteiger partial charge in [-0.25, -0.2) is 13.4 Å². The van der Waals surface area contributed by atoms with Crippen LogP contribution in [-0.4, -0.2) is 30.2 Å². The minimum atomic E-state index is -3.72. The first-order chi connectivity index (χ1) is 17.0. The van der Waals surface area contributed by atoms with Gasteiger partial charge in [-0.05, 0) is 77.9 Å². The highest BCUT2D eigenvalue weighted by molar-refractivity contribution is 7.89. The zero-order chi connectivity index (χ0) is 24.3. The molecule has 0 atom stereocenters. The quantitative estimate of drug-likeness (QED) is 0.418. The third-order valence-electron chi connectivity index (χ3n) is 5.63. The topological polar surface area (TPSA) is 79.4 Å². The normalized spacial score (nSPS) is 13.4. The van der Waals surface area contributed by atoms with E-state index >= 15 is 0 Å². The predicted octanol–water partition coefficient (Wildman–Crippen LogP) is 4.54. The van der Waals surface area contributed by atoms with Crippen molar-refractivity contribution in [2.45, 2.75) is 17.9 Å². The van der Waals surface area contributed by atoms with E-state index in [2.05, 4.69) is 22.1 Å². The fourth-order valence-corrected chi connectivity index (χ4v) is 6.18. The molecule has 2 aromatic heterocycles. The molecular formula is C27H21N3O3S2. The van der Waals surface area contributed by atoms with Gasteiger partial charge in [0.2, 0.25) is 10.0 Å². The maximum Gasteiger partial charge on any atom is 0.255 e. The van der Waals surface area contributed by atoms with Crippen molar-refractivity contribution in [2.24, 2.45) is 0 Å². The van der Waals surface area contributed by atoms with Gasteiger partial charge in [-0.1, -0.05) is 24.1 Å². The number of aromatic nitrogens is 1. The van der Waals surface area contributed by atoms with E-state index in [1.807, 2.05) is 35.7 Å². The molecule has 3 heterocycles. The van der Waals surface area contributed by atoms with E-state index in [1.165, 1.54) is 21.3 Å². The Balaban J connectivity index is 1.32. The number of hydrogen-bond donors (Lipinski definition) is 1. The first-order valence-electron chi connectivity index (χ1n) is 11.0. The van der Waals surface area contributed by atoms with Gasteiger partial charge in [-0.2, -0.15) is 4.31 Å². The first-order valence-corrected chi connectivity index (χ1v) is 13.3. The van der Waals surface area contributed by atoms with Gasteiger partial charge in [0.15, 0.2) is 0 Å². The maximum atomic E-state index is 13.3. The number of carbonyl (C=O) groups excluding carboxylic acids is 1. The summed E-state index contributed by atoms with van der Waals surface area (Å²) in [6.45, 7) is 0.780. The van der Waals surface area contributed by atoms with Crippen LogP contribution >= 0.6 is 11.3 Å². The number of hydrogen-bond acceptors (Lipinski definition) is 5. The average Bonchev–Trinajstić information content (AvgIpc) is 3.36. The summed E-state index contributed by atoms with van der Waals surface area (Å²) in [5.74, 6) is 5.63. The van der Waals surface area contributed by atoms with E-state index in [-0.39, 0.29) is 10.5 Å². The number of sulfonamides is 1. The zero-order valence-corrected chi connectivity index (χ0v) is 20.3. The van der Waals surface area contributed by atoms with Gasteiger partial charge in [0.05, 0.1) is 4.90 Å². The second-order valence-corrected chi connectivity index (χ2v) is 10.9. The number of pyridine rings is 1. The van der Waals surface area contributed by atoms with Crippen LogP contribution in [-0.2, 0) is 23.0 Å². The lowest BCUT2D eigenvalue weighted by Gasteiger charge is -2.26. The largest absolute Gasteiger partial charge is 0.322 e. The molecule has 1 aliphatic heterocycles. The molecule has 0 fully saturated rings. The van der Waals surface area contributed by atoms with Crippen LogP contribution in [0.5, 0.6) is 0 Å². The SMILES string of the molecule is O=C(Nc1cccc(C#Cc2ccccn2)c1)c1cccc(S(=O)(=O)N2CCc3sccc3C2)c1. The average molecular weight is 500 g/mol. The Hall–Kier alpha value is -3.77. The van der Waals surface area contributed by atoms with E-state index in [0.717, 1.165) is 11.1 Å². The Morgan fingerprint density at radius 2 is 1.89 bits per heavy atom. The molecule has 0 spiro atoms. The standard InChI is InChI=1S/C27H21N3O3S2/c31-27(29-24-8-3-5-20(17-24)10-11-23-7-1-2-14-28-23)21-6-4-9-25(18-21)35(32,33)30-15-12-26-22(19-30)13-16-34-26/h1-9,13-14,16-18H,12,15,19H2,(H,29,31). The molecule has 5 rings (SSSR count). The van der Waals surface area contributed by atoms with E-state index in [1.54, 1.807) is 47.9 Å². The summed E-state index contributed by atoms with van der Waals surface area (Å²) in [5.41, 5.74) is 3.26. The first kappa shape index (κ1) is 23.0. The summed E-state index contributed by atoms with van der Waals surface area (Å²) < 4.78 is 28.0. The van der Waals surface area contributed by atoms with Crippen molar-refractivity contribution in [3.05, 3.63) is 112 Å². The summed E-state index contributed by atoms with van der Waals surface area (Å²) in [6.07, 6.45) is 2.38. The fourth-order valence-electron chi connectivity index (χ4n) is 3.83. The summed E-state index contributed by atoms with van der Waals surface area (Å²) in [6, 6.07) is 20.8. The van der Waals surface area contributed by atoms with Gasteiger partial charge in [0.25, 0.3) is 5.91 Å². The molecule has 0 aliphatic carbocycles. The van der Waals surface area contributed by atoms with E-state index < -0.39 is 15.9 Å². The molecule has 8 heteroatoms. The summed E-state index contributed by atoms with van der Waals surface area (Å²) in [5, 5.41) is 4.83. The Morgan fingerprint density at radius 1 is 1.00 bits per heavy atom. The van der Waals surface area contributed by atoms with Crippen molar-refractivity contribution in [1.82, 2.24) is 9.29 Å². The number of benzene rings is 2. The molecule has 0 bridgehead atoms. The Labute approximate surface area is 208 Å². The van der Waals surface area contributed by atoms with Crippen LogP contribution in [0.4, 0.5) is 5.69 Å². The lowest BCUT2D eigenvalue weighted by Crippen LogP contribution is -2.35. The van der Waals surface area contributed by atoms with Crippen LogP contribution < -0.4 is 5.32 Å². The number of nitrogens with zero attached hydrogens (tertiary/aromatic N) is 2. The van der Waals surface area contributed by atoms with Crippen molar-refractivity contribution in [2.75, 3.05) is 11.9 Å². The number of rotatable bonds is 4. The third kappa shape index (κ3) is 5.17. The predicted molar refractivity (Wildman–Crippen MR) is 137 cm³/mol. The van der Waals surface area contributed by atoms with Gasteiger partial charge in [0.1, 0.15) is 5.69 Å². The Morgan fingerprint density at radius 3 is 2.74 bits per heavy atom. The van der Waals surface area contributed by atoms with Crippen molar-refractivity contribution in [3.63, 3.8) is 0 Å². The van der Waals surface area contributed by atoms with Crippen LogP contribution in [0.1, 0.15) is 32.1 Å². The molecule has 174 valence electrons. The molecule has 2 aromatic carbocycles. The Bertz CT molecular complexity index is 1550. The second kappa shape index (κ2) is 9.84. The molecule has 0 saturated heterocycles. The number of nitrogens with one attached hydrogen (secondary N) is 1. The molecule has 35 heavy (non-hydrogen) atoms. The molecule has 0 radical (unpaired) electrons. The molecule has 4 aromatic rings. The number of anilines is 1. The number of fused-ring (bicyclic) bond motifs is 1. The lowest BCUT2D eigenvalue weighted by molar-refractivity contribution is 0.102. The number of carbonyl (C=O) groups is 1. The summed E-state index contributed by atoms with van der Waals surface area (Å²) in [4.78, 5) is 18.4. The molecular weight excluding hydrogens is 478 g/mol. The van der Waals surface area contributed by atoms with Gasteiger partial charge >= 0.3 is 0 Å². The smallest absolute Gasteiger partial charge is 0.255 e. The molecule has 1 amide bonds. The monoisotopic (exact) mass is 499 g/mol. The molecule has 1 N–H and O–H groups in total. The van der Waals surface area contributed by atoms with Crippen molar-refractivity contribution in [3.8, 4) is 11.8 Å². The van der Waals surface area contributed by atoms with Crippen LogP contribution in [0.2, 0.25) is 0 Å².